The van der Waals surface area contributed by atoms with Gasteiger partial charge in [0.15, 0.2) is 0 Å². The first-order valence-electron chi connectivity index (χ1n) is 5.42. The maximum atomic E-state index is 13.5. The quantitative estimate of drug-likeness (QED) is 0.834. The summed E-state index contributed by atoms with van der Waals surface area (Å²) >= 11 is 0. The molecule has 2 N–H and O–H groups in total. The number of nitrogens with one attached hydrogen (secondary N) is 1. The highest BCUT2D eigenvalue weighted by atomic mass is 19.4. The highest BCUT2D eigenvalue weighted by Gasteiger charge is 2.30. The molecule has 2 aromatic rings. The summed E-state index contributed by atoms with van der Waals surface area (Å²) in [6.07, 6.45) is -6.07. The normalized spacial score (nSPS) is 11.6. The number of halogens is 4. The van der Waals surface area contributed by atoms with Crippen molar-refractivity contribution in [1.29, 1.82) is 0 Å². The lowest BCUT2D eigenvalue weighted by Gasteiger charge is -2.08. The summed E-state index contributed by atoms with van der Waals surface area (Å²) in [6, 6.07) is 5.05. The second kappa shape index (κ2) is 4.95. The molecule has 0 fully saturated rings. The van der Waals surface area contributed by atoms with Crippen LogP contribution in [0.3, 0.4) is 0 Å². The van der Waals surface area contributed by atoms with Gasteiger partial charge in [0.2, 0.25) is 5.88 Å². The number of hydrogen-bond acceptors (Lipinski definition) is 3. The highest BCUT2D eigenvalue weighted by molar-refractivity contribution is 5.67. The van der Waals surface area contributed by atoms with Gasteiger partial charge >= 0.3 is 6.18 Å². The summed E-state index contributed by atoms with van der Waals surface area (Å²) in [5.74, 6) is -2.48. The van der Waals surface area contributed by atoms with E-state index >= 15 is 0 Å². The van der Waals surface area contributed by atoms with Crippen LogP contribution in [0.15, 0.2) is 29.1 Å². The molecule has 1 aromatic carbocycles. The molecule has 2 rings (SSSR count). The molecule has 1 aromatic heterocycles. The Morgan fingerprint density at radius 3 is 2.45 bits per heavy atom. The highest BCUT2D eigenvalue weighted by Crippen LogP contribution is 2.27. The van der Waals surface area contributed by atoms with Crippen molar-refractivity contribution in [3.8, 4) is 17.0 Å². The first-order chi connectivity index (χ1) is 9.28. The Kier molecular flexibility index (Phi) is 3.47. The van der Waals surface area contributed by atoms with Crippen molar-refractivity contribution in [3.63, 3.8) is 0 Å². The summed E-state index contributed by atoms with van der Waals surface area (Å²) in [6.45, 7) is 0. The molecule has 0 aliphatic rings. The van der Waals surface area contributed by atoms with E-state index in [0.717, 1.165) is 6.07 Å². The van der Waals surface area contributed by atoms with E-state index in [9.17, 15) is 27.5 Å². The number of aromatic amines is 1. The number of rotatable bonds is 2. The summed E-state index contributed by atoms with van der Waals surface area (Å²) in [7, 11) is 0. The van der Waals surface area contributed by atoms with Gasteiger partial charge in [-0.15, -0.1) is 0 Å². The molecule has 0 aliphatic carbocycles. The lowest BCUT2D eigenvalue weighted by atomic mass is 10.1. The van der Waals surface area contributed by atoms with Crippen molar-refractivity contribution in [2.24, 2.45) is 0 Å². The molecule has 0 aliphatic heterocycles. The summed E-state index contributed by atoms with van der Waals surface area (Å²) < 4.78 is 50.1. The maximum absolute atomic E-state index is 13.5. The molecule has 0 unspecified atom stereocenters. The predicted octanol–water partition coefficient (Wildman–Crippen LogP) is 2.39. The van der Waals surface area contributed by atoms with E-state index in [-0.39, 0.29) is 5.56 Å². The molecular weight excluding hydrogens is 280 g/mol. The molecule has 4 nitrogen and oxygen atoms in total. The third-order valence-corrected chi connectivity index (χ3v) is 2.46. The van der Waals surface area contributed by atoms with Gasteiger partial charge in [-0.05, 0) is 6.07 Å². The fourth-order valence-corrected chi connectivity index (χ4v) is 1.69. The van der Waals surface area contributed by atoms with Crippen molar-refractivity contribution >= 4 is 0 Å². The van der Waals surface area contributed by atoms with Gasteiger partial charge in [-0.3, -0.25) is 4.79 Å². The van der Waals surface area contributed by atoms with Crippen molar-refractivity contribution in [3.05, 3.63) is 46.3 Å². The predicted molar refractivity (Wildman–Crippen MR) is 61.7 cm³/mol. The number of aromatic nitrogens is 2. The molecule has 0 atom stereocenters. The molecular formula is C12H8F4N2O2. The monoisotopic (exact) mass is 288 g/mol. The number of benzene rings is 1. The van der Waals surface area contributed by atoms with Crippen LogP contribution in [-0.4, -0.2) is 21.3 Å². The zero-order valence-corrected chi connectivity index (χ0v) is 9.83. The molecule has 0 radical (unpaired) electrons. The standard InChI is InChI=1S/C12H8F4N2O2/c13-7-4-2-1-3-6(7)9-10(19)17-8(18-11(9)20)5-12(14,15)16/h1-4H,5H2,(H2,17,18,19,20). The second-order valence-electron chi connectivity index (χ2n) is 3.98. The topological polar surface area (TPSA) is 66.0 Å². The first kappa shape index (κ1) is 14.0. The van der Waals surface area contributed by atoms with Crippen molar-refractivity contribution < 1.29 is 22.7 Å². The Balaban J connectivity index is 2.53. The van der Waals surface area contributed by atoms with Gasteiger partial charge in [-0.2, -0.15) is 18.2 Å². The van der Waals surface area contributed by atoms with Crippen LogP contribution in [0, 0.1) is 5.82 Å². The fraction of sp³-hybridized carbons (Fsp3) is 0.167. The fourth-order valence-electron chi connectivity index (χ4n) is 1.69. The zero-order valence-electron chi connectivity index (χ0n) is 9.83. The number of hydrogen-bond donors (Lipinski definition) is 2. The van der Waals surface area contributed by atoms with E-state index in [1.54, 1.807) is 0 Å². The van der Waals surface area contributed by atoms with Crippen LogP contribution in [-0.2, 0) is 6.42 Å². The largest absolute Gasteiger partial charge is 0.493 e. The number of aromatic hydroxyl groups is 1. The van der Waals surface area contributed by atoms with E-state index in [1.807, 2.05) is 4.98 Å². The molecule has 106 valence electrons. The zero-order chi connectivity index (χ0) is 14.9. The summed E-state index contributed by atoms with van der Waals surface area (Å²) in [5.41, 5.74) is -1.78. The number of nitrogens with zero attached hydrogens (tertiary/aromatic N) is 1. The minimum absolute atomic E-state index is 0.239. The lowest BCUT2D eigenvalue weighted by molar-refractivity contribution is -0.128. The van der Waals surface area contributed by atoms with E-state index in [0.29, 0.717) is 0 Å². The van der Waals surface area contributed by atoms with Crippen LogP contribution in [0.2, 0.25) is 0 Å². The van der Waals surface area contributed by atoms with Crippen LogP contribution in [0.25, 0.3) is 11.1 Å². The molecule has 0 saturated carbocycles. The SMILES string of the molecule is O=c1[nH]c(CC(F)(F)F)nc(O)c1-c1ccccc1F. The minimum atomic E-state index is -4.58. The molecule has 0 saturated heterocycles. The Labute approximate surface area is 109 Å². The van der Waals surface area contributed by atoms with E-state index < -0.39 is 41.2 Å². The Morgan fingerprint density at radius 1 is 1.25 bits per heavy atom. The van der Waals surface area contributed by atoms with Crippen LogP contribution in [0.1, 0.15) is 5.82 Å². The molecule has 0 spiro atoms. The van der Waals surface area contributed by atoms with Crippen LogP contribution in [0.5, 0.6) is 5.88 Å². The van der Waals surface area contributed by atoms with Crippen LogP contribution in [0.4, 0.5) is 17.6 Å². The van der Waals surface area contributed by atoms with Gasteiger partial charge < -0.3 is 10.1 Å². The Hall–Kier alpha value is -2.38. The number of H-pyrrole nitrogens is 1. The molecule has 20 heavy (non-hydrogen) atoms. The Bertz CT molecular complexity index is 695. The second-order valence-corrected chi connectivity index (χ2v) is 3.98. The van der Waals surface area contributed by atoms with Crippen molar-refractivity contribution in [1.82, 2.24) is 9.97 Å². The molecule has 8 heteroatoms. The maximum Gasteiger partial charge on any atom is 0.396 e. The average Bonchev–Trinajstić information content (AvgIpc) is 2.28. The summed E-state index contributed by atoms with van der Waals surface area (Å²) in [4.78, 5) is 16.8. The third kappa shape index (κ3) is 2.95. The Morgan fingerprint density at radius 2 is 1.90 bits per heavy atom. The lowest BCUT2D eigenvalue weighted by Crippen LogP contribution is -2.20. The van der Waals surface area contributed by atoms with Gasteiger partial charge in [0.25, 0.3) is 5.56 Å². The van der Waals surface area contributed by atoms with Gasteiger partial charge in [0.05, 0.1) is 0 Å². The minimum Gasteiger partial charge on any atom is -0.493 e. The van der Waals surface area contributed by atoms with Crippen LogP contribution < -0.4 is 5.56 Å². The molecule has 0 amide bonds. The third-order valence-electron chi connectivity index (χ3n) is 2.46. The molecule has 1 heterocycles. The average molecular weight is 288 g/mol. The van der Waals surface area contributed by atoms with Crippen molar-refractivity contribution in [2.75, 3.05) is 0 Å². The van der Waals surface area contributed by atoms with Gasteiger partial charge in [0, 0.05) is 5.56 Å². The molecule has 0 bridgehead atoms. The smallest absolute Gasteiger partial charge is 0.396 e. The first-order valence-corrected chi connectivity index (χ1v) is 5.42. The van der Waals surface area contributed by atoms with Crippen LogP contribution >= 0.6 is 0 Å². The van der Waals surface area contributed by atoms with E-state index in [4.69, 9.17) is 0 Å². The summed E-state index contributed by atoms with van der Waals surface area (Å²) in [5, 5.41) is 9.58. The van der Waals surface area contributed by atoms with Gasteiger partial charge in [-0.1, -0.05) is 18.2 Å². The van der Waals surface area contributed by atoms with Gasteiger partial charge in [0.1, 0.15) is 23.6 Å². The van der Waals surface area contributed by atoms with E-state index in [2.05, 4.69) is 4.98 Å². The van der Waals surface area contributed by atoms with Crippen molar-refractivity contribution in [2.45, 2.75) is 12.6 Å². The number of alkyl halides is 3. The van der Waals surface area contributed by atoms with Gasteiger partial charge in [-0.25, -0.2) is 4.39 Å². The van der Waals surface area contributed by atoms with E-state index in [1.165, 1.54) is 18.2 Å².